The Bertz CT molecular complexity index is 354. The summed E-state index contributed by atoms with van der Waals surface area (Å²) in [5, 5.41) is 11.2. The number of hydrogen-bond donors (Lipinski definition) is 2. The van der Waals surface area contributed by atoms with Crippen LogP contribution < -0.4 is 10.1 Å². The van der Waals surface area contributed by atoms with Crippen molar-refractivity contribution in [2.45, 2.75) is 0 Å². The molecule has 0 radical (unpaired) electrons. The first kappa shape index (κ1) is 13.5. The first-order chi connectivity index (χ1) is 8.29. The van der Waals surface area contributed by atoms with E-state index in [1.807, 2.05) is 0 Å². The molecule has 1 amide bonds. The molecular formula is C12H17NO4. The van der Waals surface area contributed by atoms with E-state index < -0.39 is 0 Å². The van der Waals surface area contributed by atoms with Gasteiger partial charge < -0.3 is 19.9 Å². The van der Waals surface area contributed by atoms with Crippen LogP contribution in [-0.4, -0.2) is 44.5 Å². The smallest absolute Gasteiger partial charge is 0.255 e. The fourth-order valence-electron chi connectivity index (χ4n) is 1.33. The van der Waals surface area contributed by atoms with Gasteiger partial charge in [-0.2, -0.15) is 0 Å². The quantitative estimate of drug-likeness (QED) is 0.677. The zero-order valence-corrected chi connectivity index (χ0v) is 9.81. The molecule has 1 aromatic rings. The number of aliphatic hydroxyl groups is 1. The Balaban J connectivity index is 2.41. The highest BCUT2D eigenvalue weighted by molar-refractivity contribution is 5.96. The van der Waals surface area contributed by atoms with E-state index in [2.05, 4.69) is 5.32 Å². The van der Waals surface area contributed by atoms with E-state index in [-0.39, 0.29) is 19.1 Å². The maximum absolute atomic E-state index is 11.8. The number of nitrogens with one attached hydrogen (secondary N) is 1. The lowest BCUT2D eigenvalue weighted by Gasteiger charge is -2.09. The summed E-state index contributed by atoms with van der Waals surface area (Å²) in [7, 11) is 1.52. The molecule has 1 rings (SSSR count). The van der Waals surface area contributed by atoms with Gasteiger partial charge >= 0.3 is 0 Å². The van der Waals surface area contributed by atoms with Crippen LogP contribution in [0.2, 0.25) is 0 Å². The molecule has 2 N–H and O–H groups in total. The van der Waals surface area contributed by atoms with Gasteiger partial charge in [-0.15, -0.1) is 0 Å². The van der Waals surface area contributed by atoms with E-state index >= 15 is 0 Å². The number of rotatable bonds is 7. The molecule has 0 spiro atoms. The molecule has 5 nitrogen and oxygen atoms in total. The molecule has 5 heteroatoms. The number of aliphatic hydroxyl groups excluding tert-OH is 1. The van der Waals surface area contributed by atoms with Crippen molar-refractivity contribution in [2.75, 3.05) is 33.5 Å². The molecule has 0 fully saturated rings. The second-order valence-corrected chi connectivity index (χ2v) is 3.29. The number of amides is 1. The monoisotopic (exact) mass is 239 g/mol. The van der Waals surface area contributed by atoms with Gasteiger partial charge in [0.25, 0.3) is 5.91 Å². The summed E-state index contributed by atoms with van der Waals surface area (Å²) in [6, 6.07) is 7.01. The lowest BCUT2D eigenvalue weighted by atomic mass is 10.2. The number of hydrogen-bond acceptors (Lipinski definition) is 4. The van der Waals surface area contributed by atoms with Gasteiger partial charge in [-0.3, -0.25) is 4.79 Å². The standard InChI is InChI=1S/C12H17NO4/c1-16-11-5-3-2-4-10(11)12(15)13-6-8-17-9-7-14/h2-5,14H,6-9H2,1H3,(H,13,15). The van der Waals surface area contributed by atoms with Crippen LogP contribution in [0.4, 0.5) is 0 Å². The van der Waals surface area contributed by atoms with Crippen LogP contribution in [0.1, 0.15) is 10.4 Å². The molecule has 0 atom stereocenters. The van der Waals surface area contributed by atoms with Crippen molar-refractivity contribution in [1.29, 1.82) is 0 Å². The van der Waals surface area contributed by atoms with Gasteiger partial charge in [0, 0.05) is 6.54 Å². The molecule has 0 heterocycles. The normalized spacial score (nSPS) is 10.0. The first-order valence-corrected chi connectivity index (χ1v) is 5.39. The SMILES string of the molecule is COc1ccccc1C(=O)NCCOCCO. The summed E-state index contributed by atoms with van der Waals surface area (Å²) in [6.45, 7) is 1.04. The average molecular weight is 239 g/mol. The number of ether oxygens (including phenoxy) is 2. The van der Waals surface area contributed by atoms with Crippen LogP contribution >= 0.6 is 0 Å². The third kappa shape index (κ3) is 4.42. The summed E-state index contributed by atoms with van der Waals surface area (Å²) in [5.74, 6) is 0.344. The zero-order valence-electron chi connectivity index (χ0n) is 9.81. The number of carbonyl (C=O) groups is 1. The summed E-state index contributed by atoms with van der Waals surface area (Å²) in [4.78, 5) is 11.8. The van der Waals surface area contributed by atoms with E-state index in [9.17, 15) is 4.79 Å². The van der Waals surface area contributed by atoms with Crippen molar-refractivity contribution in [3.05, 3.63) is 29.8 Å². The molecule has 0 aromatic heterocycles. The highest BCUT2D eigenvalue weighted by Gasteiger charge is 2.09. The van der Waals surface area contributed by atoms with Crippen molar-refractivity contribution in [3.63, 3.8) is 0 Å². The van der Waals surface area contributed by atoms with E-state index in [4.69, 9.17) is 14.6 Å². The summed E-state index contributed by atoms with van der Waals surface area (Å²) in [6.07, 6.45) is 0. The summed E-state index contributed by atoms with van der Waals surface area (Å²) in [5.41, 5.74) is 0.497. The van der Waals surface area contributed by atoms with E-state index in [1.54, 1.807) is 24.3 Å². The highest BCUT2D eigenvalue weighted by Crippen LogP contribution is 2.16. The van der Waals surface area contributed by atoms with Crippen LogP contribution in [0, 0.1) is 0 Å². The van der Waals surface area contributed by atoms with Crippen LogP contribution in [0.15, 0.2) is 24.3 Å². The van der Waals surface area contributed by atoms with Gasteiger partial charge in [0.1, 0.15) is 5.75 Å². The number of para-hydroxylation sites is 1. The number of methoxy groups -OCH3 is 1. The Morgan fingerprint density at radius 3 is 2.82 bits per heavy atom. The van der Waals surface area contributed by atoms with Gasteiger partial charge in [0.15, 0.2) is 0 Å². The second kappa shape index (κ2) is 7.65. The lowest BCUT2D eigenvalue weighted by Crippen LogP contribution is -2.27. The summed E-state index contributed by atoms with van der Waals surface area (Å²) < 4.78 is 10.1. The predicted molar refractivity (Wildman–Crippen MR) is 63.2 cm³/mol. The predicted octanol–water partition coefficient (Wildman–Crippen LogP) is 0.434. The average Bonchev–Trinajstić information content (AvgIpc) is 2.38. The summed E-state index contributed by atoms with van der Waals surface area (Å²) >= 11 is 0. The minimum Gasteiger partial charge on any atom is -0.496 e. The van der Waals surface area contributed by atoms with Crippen LogP contribution in [-0.2, 0) is 4.74 Å². The molecule has 0 bridgehead atoms. The minimum absolute atomic E-state index is 0.0134. The lowest BCUT2D eigenvalue weighted by molar-refractivity contribution is 0.0836. The van der Waals surface area contributed by atoms with Gasteiger partial charge in [0.05, 0.1) is 32.5 Å². The van der Waals surface area contributed by atoms with Crippen LogP contribution in [0.5, 0.6) is 5.75 Å². The molecule has 0 aliphatic carbocycles. The molecule has 1 aromatic carbocycles. The molecule has 0 aliphatic heterocycles. The van der Waals surface area contributed by atoms with Gasteiger partial charge in [-0.05, 0) is 12.1 Å². The molecule has 0 saturated heterocycles. The largest absolute Gasteiger partial charge is 0.496 e. The van der Waals surface area contributed by atoms with E-state index in [0.717, 1.165) is 0 Å². The van der Waals surface area contributed by atoms with Gasteiger partial charge in [-0.25, -0.2) is 0 Å². The van der Waals surface area contributed by atoms with Crippen LogP contribution in [0.25, 0.3) is 0 Å². The number of benzene rings is 1. The first-order valence-electron chi connectivity index (χ1n) is 5.39. The molecule has 0 saturated carbocycles. The zero-order chi connectivity index (χ0) is 12.5. The molecular weight excluding hydrogens is 222 g/mol. The van der Waals surface area contributed by atoms with Crippen molar-refractivity contribution in [3.8, 4) is 5.75 Å². The van der Waals surface area contributed by atoms with Crippen molar-refractivity contribution in [2.24, 2.45) is 0 Å². The van der Waals surface area contributed by atoms with E-state index in [0.29, 0.717) is 24.5 Å². The molecule has 17 heavy (non-hydrogen) atoms. The molecule has 0 aliphatic rings. The second-order valence-electron chi connectivity index (χ2n) is 3.29. The maximum Gasteiger partial charge on any atom is 0.255 e. The van der Waals surface area contributed by atoms with Gasteiger partial charge in [-0.1, -0.05) is 12.1 Å². The molecule has 94 valence electrons. The van der Waals surface area contributed by atoms with E-state index in [1.165, 1.54) is 7.11 Å². The number of carbonyl (C=O) groups excluding carboxylic acids is 1. The van der Waals surface area contributed by atoms with Crippen molar-refractivity contribution < 1.29 is 19.4 Å². The Morgan fingerprint density at radius 2 is 2.12 bits per heavy atom. The highest BCUT2D eigenvalue weighted by atomic mass is 16.5. The Labute approximate surface area is 100 Å². The Hall–Kier alpha value is -1.59. The Morgan fingerprint density at radius 1 is 1.35 bits per heavy atom. The van der Waals surface area contributed by atoms with Crippen molar-refractivity contribution >= 4 is 5.91 Å². The fraction of sp³-hybridized carbons (Fsp3) is 0.417. The Kier molecular flexibility index (Phi) is 6.06. The maximum atomic E-state index is 11.8. The molecule has 0 unspecified atom stereocenters. The van der Waals surface area contributed by atoms with Crippen molar-refractivity contribution in [1.82, 2.24) is 5.32 Å². The van der Waals surface area contributed by atoms with Crippen LogP contribution in [0.3, 0.4) is 0 Å². The third-order valence-corrected chi connectivity index (χ3v) is 2.12. The minimum atomic E-state index is -0.199. The third-order valence-electron chi connectivity index (χ3n) is 2.12. The van der Waals surface area contributed by atoms with Gasteiger partial charge in [0.2, 0.25) is 0 Å². The fourth-order valence-corrected chi connectivity index (χ4v) is 1.33. The topological polar surface area (TPSA) is 67.8 Å².